The lowest BCUT2D eigenvalue weighted by atomic mass is 10.1. The van der Waals surface area contributed by atoms with Crippen molar-refractivity contribution >= 4 is 11.6 Å². The first-order valence-corrected chi connectivity index (χ1v) is 7.20. The Hall–Kier alpha value is -1.83. The van der Waals surface area contributed by atoms with Gasteiger partial charge in [0.25, 0.3) is 0 Å². The molecule has 0 radical (unpaired) electrons. The first-order chi connectivity index (χ1) is 10.7. The first-order valence-electron chi connectivity index (χ1n) is 7.20. The topological polar surface area (TPSA) is 41.6 Å². The van der Waals surface area contributed by atoms with Gasteiger partial charge in [-0.1, -0.05) is 6.07 Å². The molecule has 0 aromatic heterocycles. The van der Waals surface area contributed by atoms with E-state index in [0.29, 0.717) is 18.8 Å². The lowest BCUT2D eigenvalue weighted by molar-refractivity contribution is -0.173. The molecule has 2 rings (SSSR count). The third kappa shape index (κ3) is 4.57. The average molecular weight is 334 g/mol. The van der Waals surface area contributed by atoms with Gasteiger partial charge in [-0.3, -0.25) is 4.79 Å². The molecule has 8 heteroatoms. The van der Waals surface area contributed by atoms with Crippen molar-refractivity contribution in [3.05, 3.63) is 29.6 Å². The summed E-state index contributed by atoms with van der Waals surface area (Å²) >= 11 is 0. The maximum Gasteiger partial charge on any atom is 0.471 e. The highest BCUT2D eigenvalue weighted by molar-refractivity contribution is 5.81. The van der Waals surface area contributed by atoms with Crippen molar-refractivity contribution < 1.29 is 27.1 Å². The molecule has 1 heterocycles. The van der Waals surface area contributed by atoms with E-state index in [2.05, 4.69) is 0 Å². The lowest BCUT2D eigenvalue weighted by Gasteiger charge is -2.37. The van der Waals surface area contributed by atoms with Crippen molar-refractivity contribution in [1.29, 1.82) is 0 Å². The van der Waals surface area contributed by atoms with E-state index in [1.54, 1.807) is 5.32 Å². The van der Waals surface area contributed by atoms with Crippen molar-refractivity contribution in [2.75, 3.05) is 18.0 Å². The lowest BCUT2D eigenvalue weighted by Crippen LogP contribution is -2.45. The van der Waals surface area contributed by atoms with E-state index in [9.17, 15) is 22.4 Å². The van der Waals surface area contributed by atoms with Gasteiger partial charge in [0.05, 0.1) is 17.9 Å². The van der Waals surface area contributed by atoms with Crippen molar-refractivity contribution in [2.24, 2.45) is 0 Å². The molecule has 1 fully saturated rings. The molecule has 0 unspecified atom stereocenters. The standard InChI is InChI=1S/C15H18F4N2O2/c1-9-7-21(8-10(2)23-9)13-4-3-11(5-12(13)16)6-20-14(22)15(17,18)19/h3-5,9-10H,6-8H2,1-2H3,(H,20,22)/t9-,10-/m1/s1. The average Bonchev–Trinajstić information content (AvgIpc) is 2.42. The number of hydrogen-bond acceptors (Lipinski definition) is 3. The molecule has 2 atom stereocenters. The highest BCUT2D eigenvalue weighted by atomic mass is 19.4. The van der Waals surface area contributed by atoms with Crippen molar-refractivity contribution in [1.82, 2.24) is 5.32 Å². The predicted octanol–water partition coefficient (Wildman–Crippen LogP) is 2.62. The van der Waals surface area contributed by atoms with Crippen LogP contribution >= 0.6 is 0 Å². The monoisotopic (exact) mass is 334 g/mol. The third-order valence-electron chi connectivity index (χ3n) is 3.48. The number of nitrogens with zero attached hydrogens (tertiary/aromatic N) is 1. The number of anilines is 1. The van der Waals surface area contributed by atoms with Gasteiger partial charge in [-0.25, -0.2) is 4.39 Å². The van der Waals surface area contributed by atoms with Gasteiger partial charge in [0.15, 0.2) is 0 Å². The largest absolute Gasteiger partial charge is 0.471 e. The van der Waals surface area contributed by atoms with E-state index in [1.165, 1.54) is 12.1 Å². The van der Waals surface area contributed by atoms with Crippen molar-refractivity contribution in [3.63, 3.8) is 0 Å². The Kier molecular flexibility index (Phi) is 5.13. The molecule has 0 bridgehead atoms. The number of halogens is 4. The molecule has 0 aliphatic carbocycles. The predicted molar refractivity (Wildman–Crippen MR) is 76.5 cm³/mol. The summed E-state index contributed by atoms with van der Waals surface area (Å²) in [7, 11) is 0. The first kappa shape index (κ1) is 17.5. The number of ether oxygens (including phenoxy) is 1. The van der Waals surface area contributed by atoms with Crippen LogP contribution in [-0.4, -0.2) is 37.4 Å². The Morgan fingerprint density at radius 3 is 2.43 bits per heavy atom. The number of benzene rings is 1. The molecule has 1 aliphatic heterocycles. The smallest absolute Gasteiger partial charge is 0.372 e. The highest BCUT2D eigenvalue weighted by Gasteiger charge is 2.38. The second-order valence-corrected chi connectivity index (χ2v) is 5.63. The van der Waals surface area contributed by atoms with Crippen LogP contribution in [-0.2, 0) is 16.1 Å². The summed E-state index contributed by atoms with van der Waals surface area (Å²) in [5.41, 5.74) is 0.635. The summed E-state index contributed by atoms with van der Waals surface area (Å²) in [6.07, 6.45) is -5.02. The number of amides is 1. The van der Waals surface area contributed by atoms with Gasteiger partial charge >= 0.3 is 12.1 Å². The molecule has 4 nitrogen and oxygen atoms in total. The zero-order valence-corrected chi connectivity index (χ0v) is 12.8. The van der Waals surface area contributed by atoms with E-state index < -0.39 is 17.9 Å². The van der Waals surface area contributed by atoms with Gasteiger partial charge in [-0.05, 0) is 31.5 Å². The number of alkyl halides is 3. The van der Waals surface area contributed by atoms with Crippen LogP contribution in [0.4, 0.5) is 23.2 Å². The normalized spacial score (nSPS) is 22.1. The minimum atomic E-state index is -4.95. The number of carbonyl (C=O) groups excluding carboxylic acids is 1. The Labute approximate surface area is 131 Å². The molecule has 1 aromatic rings. The second-order valence-electron chi connectivity index (χ2n) is 5.63. The number of nitrogens with one attached hydrogen (secondary N) is 1. The maximum atomic E-state index is 14.2. The van der Waals surface area contributed by atoms with Gasteiger partial charge in [0.1, 0.15) is 5.82 Å². The maximum absolute atomic E-state index is 14.2. The van der Waals surface area contributed by atoms with Crippen LogP contribution in [0.25, 0.3) is 0 Å². The molecule has 23 heavy (non-hydrogen) atoms. The van der Waals surface area contributed by atoms with E-state index in [4.69, 9.17) is 4.74 Å². The van der Waals surface area contributed by atoms with Crippen molar-refractivity contribution in [2.45, 2.75) is 38.8 Å². The Bertz CT molecular complexity index is 567. The molecule has 1 aromatic carbocycles. The molecule has 1 amide bonds. The number of carbonyl (C=O) groups is 1. The molecule has 0 saturated carbocycles. The van der Waals surface area contributed by atoms with Crippen LogP contribution in [0.2, 0.25) is 0 Å². The zero-order chi connectivity index (χ0) is 17.2. The molecule has 128 valence electrons. The van der Waals surface area contributed by atoms with E-state index >= 15 is 0 Å². The fourth-order valence-corrected chi connectivity index (χ4v) is 2.57. The molecular formula is C15H18F4N2O2. The van der Waals surface area contributed by atoms with E-state index in [1.807, 2.05) is 18.7 Å². The Morgan fingerprint density at radius 2 is 1.91 bits per heavy atom. The quantitative estimate of drug-likeness (QED) is 0.864. The number of hydrogen-bond donors (Lipinski definition) is 1. The van der Waals surface area contributed by atoms with Gasteiger partial charge in [-0.2, -0.15) is 13.2 Å². The summed E-state index contributed by atoms with van der Waals surface area (Å²) in [5.74, 6) is -2.58. The van der Waals surface area contributed by atoms with Gasteiger partial charge in [-0.15, -0.1) is 0 Å². The van der Waals surface area contributed by atoms with E-state index in [0.717, 1.165) is 6.07 Å². The van der Waals surface area contributed by atoms with Crippen LogP contribution in [0.1, 0.15) is 19.4 Å². The van der Waals surface area contributed by atoms with Gasteiger partial charge in [0, 0.05) is 19.6 Å². The molecule has 1 saturated heterocycles. The van der Waals surface area contributed by atoms with Gasteiger partial charge in [0.2, 0.25) is 0 Å². The molecular weight excluding hydrogens is 316 g/mol. The minimum Gasteiger partial charge on any atom is -0.372 e. The van der Waals surface area contributed by atoms with Gasteiger partial charge < -0.3 is 15.0 Å². The Balaban J connectivity index is 2.04. The number of rotatable bonds is 3. The third-order valence-corrected chi connectivity index (χ3v) is 3.48. The summed E-state index contributed by atoms with van der Waals surface area (Å²) in [6.45, 7) is 4.46. The Morgan fingerprint density at radius 1 is 1.30 bits per heavy atom. The highest BCUT2D eigenvalue weighted by Crippen LogP contribution is 2.24. The van der Waals surface area contributed by atoms with Crippen LogP contribution in [0.15, 0.2) is 18.2 Å². The second kappa shape index (κ2) is 6.74. The minimum absolute atomic E-state index is 0.0381. The molecule has 0 spiro atoms. The zero-order valence-electron chi connectivity index (χ0n) is 12.8. The molecule has 1 aliphatic rings. The summed E-state index contributed by atoms with van der Waals surface area (Å²) in [6, 6.07) is 4.14. The van der Waals surface area contributed by atoms with Crippen LogP contribution < -0.4 is 10.2 Å². The van der Waals surface area contributed by atoms with Crippen LogP contribution in [0.3, 0.4) is 0 Å². The summed E-state index contributed by atoms with van der Waals surface area (Å²) < 4.78 is 56.1. The van der Waals surface area contributed by atoms with Crippen LogP contribution in [0, 0.1) is 5.82 Å². The number of morpholine rings is 1. The molecule has 1 N–H and O–H groups in total. The SMILES string of the molecule is C[C@@H]1CN(c2ccc(CNC(=O)C(F)(F)F)cc2F)C[C@@H](C)O1. The van der Waals surface area contributed by atoms with E-state index in [-0.39, 0.29) is 24.3 Å². The fraction of sp³-hybridized carbons (Fsp3) is 0.533. The summed E-state index contributed by atoms with van der Waals surface area (Å²) in [5, 5.41) is 1.72. The summed E-state index contributed by atoms with van der Waals surface area (Å²) in [4.78, 5) is 12.6. The van der Waals surface area contributed by atoms with Crippen LogP contribution in [0.5, 0.6) is 0 Å². The van der Waals surface area contributed by atoms with Crippen molar-refractivity contribution in [3.8, 4) is 0 Å². The fourth-order valence-electron chi connectivity index (χ4n) is 2.57.